The van der Waals surface area contributed by atoms with E-state index in [2.05, 4.69) is 6.92 Å². The van der Waals surface area contributed by atoms with Crippen molar-refractivity contribution in [3.05, 3.63) is 36.0 Å². The molecule has 0 saturated heterocycles. The molecule has 0 radical (unpaired) electrons. The second-order valence-electron chi connectivity index (χ2n) is 5.30. The van der Waals surface area contributed by atoms with Gasteiger partial charge in [0, 0.05) is 23.6 Å². The maximum Gasteiger partial charge on any atom is 0.416 e. The number of rotatable bonds is 7. The minimum Gasteiger partial charge on any atom is -0.464 e. The number of hydrogen-bond acceptors (Lipinski definition) is 3. The van der Waals surface area contributed by atoms with Gasteiger partial charge in [0.25, 0.3) is 0 Å². The van der Waals surface area contributed by atoms with Crippen LogP contribution in [0.1, 0.15) is 44.6 Å². The highest BCUT2D eigenvalue weighted by molar-refractivity contribution is 5.91. The van der Waals surface area contributed by atoms with Crippen molar-refractivity contribution in [2.75, 3.05) is 0 Å². The summed E-state index contributed by atoms with van der Waals surface area (Å²) >= 11 is 0. The Labute approximate surface area is 129 Å². The predicted octanol–water partition coefficient (Wildman–Crippen LogP) is 4.18. The van der Waals surface area contributed by atoms with E-state index in [1.54, 1.807) is 12.1 Å². The van der Waals surface area contributed by atoms with Crippen LogP contribution >= 0.6 is 0 Å². The van der Waals surface area contributed by atoms with Gasteiger partial charge in [-0.05, 0) is 12.5 Å². The summed E-state index contributed by atoms with van der Waals surface area (Å²) in [6, 6.07) is 7.19. The zero-order valence-corrected chi connectivity index (χ0v) is 12.7. The van der Waals surface area contributed by atoms with E-state index in [9.17, 15) is 14.7 Å². The lowest BCUT2D eigenvalue weighted by Crippen LogP contribution is -2.06. The monoisotopic (exact) mass is 303 g/mol. The first kappa shape index (κ1) is 16.1. The standard InChI is InChI=1S/C17H21NO4/c1-2-3-4-5-10-16(19)22-12-13-11-18(17(20)21)15-9-7-6-8-14(13)15/h6-9,11H,2-5,10,12H2,1H3,(H,20,21). The summed E-state index contributed by atoms with van der Waals surface area (Å²) in [6.07, 6.45) is 5.00. The second-order valence-corrected chi connectivity index (χ2v) is 5.30. The molecule has 118 valence electrons. The average molecular weight is 303 g/mol. The number of nitrogens with zero attached hydrogens (tertiary/aromatic N) is 1. The summed E-state index contributed by atoms with van der Waals surface area (Å²) in [5.74, 6) is -0.233. The van der Waals surface area contributed by atoms with Crippen molar-refractivity contribution in [3.8, 4) is 0 Å². The topological polar surface area (TPSA) is 68.5 Å². The number of unbranched alkanes of at least 4 members (excludes halogenated alkanes) is 3. The quantitative estimate of drug-likeness (QED) is 0.615. The molecule has 0 amide bonds. The molecule has 0 saturated carbocycles. The molecular weight excluding hydrogens is 282 g/mol. The molecule has 0 unspecified atom stereocenters. The maximum atomic E-state index is 11.7. The number of fused-ring (bicyclic) bond motifs is 1. The fraction of sp³-hybridized carbons (Fsp3) is 0.412. The fourth-order valence-electron chi connectivity index (χ4n) is 2.45. The van der Waals surface area contributed by atoms with E-state index in [0.717, 1.165) is 35.6 Å². The van der Waals surface area contributed by atoms with Gasteiger partial charge in [-0.1, -0.05) is 44.4 Å². The highest BCUT2D eigenvalue weighted by Gasteiger charge is 2.13. The van der Waals surface area contributed by atoms with Gasteiger partial charge in [0.1, 0.15) is 6.61 Å². The number of aromatic nitrogens is 1. The third-order valence-electron chi connectivity index (χ3n) is 3.62. The number of hydrogen-bond donors (Lipinski definition) is 1. The molecule has 0 aliphatic carbocycles. The van der Waals surface area contributed by atoms with Gasteiger partial charge in [0.15, 0.2) is 0 Å². The predicted molar refractivity (Wildman–Crippen MR) is 83.9 cm³/mol. The second kappa shape index (κ2) is 7.64. The molecule has 0 aliphatic heterocycles. The minimum absolute atomic E-state index is 0.105. The van der Waals surface area contributed by atoms with Gasteiger partial charge >= 0.3 is 12.1 Å². The first-order valence-corrected chi connectivity index (χ1v) is 7.61. The maximum absolute atomic E-state index is 11.7. The van der Waals surface area contributed by atoms with Crippen LogP contribution in [0.5, 0.6) is 0 Å². The number of carbonyl (C=O) groups is 2. The molecule has 0 fully saturated rings. The first-order chi connectivity index (χ1) is 10.6. The van der Waals surface area contributed by atoms with Crippen LogP contribution in [-0.2, 0) is 16.1 Å². The van der Waals surface area contributed by atoms with Crippen LogP contribution in [0.25, 0.3) is 10.9 Å². The lowest BCUT2D eigenvalue weighted by atomic mass is 10.1. The zero-order valence-electron chi connectivity index (χ0n) is 12.7. The number of carbonyl (C=O) groups excluding carboxylic acids is 1. The summed E-state index contributed by atoms with van der Waals surface area (Å²) in [5, 5.41) is 9.99. The Morgan fingerprint density at radius 2 is 1.95 bits per heavy atom. The molecule has 2 aromatic rings. The molecule has 0 bridgehead atoms. The molecule has 22 heavy (non-hydrogen) atoms. The van der Waals surface area contributed by atoms with Crippen LogP contribution in [0.2, 0.25) is 0 Å². The first-order valence-electron chi connectivity index (χ1n) is 7.61. The summed E-state index contributed by atoms with van der Waals surface area (Å²) in [6.45, 7) is 2.23. The van der Waals surface area contributed by atoms with Gasteiger partial charge in [-0.3, -0.25) is 9.36 Å². The van der Waals surface area contributed by atoms with Crippen LogP contribution in [0, 0.1) is 0 Å². The number of benzene rings is 1. The summed E-state index contributed by atoms with van der Waals surface area (Å²) in [7, 11) is 0. The van der Waals surface area contributed by atoms with Crippen molar-refractivity contribution in [2.45, 2.75) is 45.6 Å². The van der Waals surface area contributed by atoms with E-state index >= 15 is 0 Å². The minimum atomic E-state index is -1.05. The highest BCUT2D eigenvalue weighted by Crippen LogP contribution is 2.22. The van der Waals surface area contributed by atoms with Crippen LogP contribution in [0.15, 0.2) is 30.5 Å². The molecule has 1 aromatic carbocycles. The molecule has 2 rings (SSSR count). The molecule has 5 nitrogen and oxygen atoms in total. The molecule has 5 heteroatoms. The Morgan fingerprint density at radius 3 is 2.68 bits per heavy atom. The number of esters is 1. The molecular formula is C17H21NO4. The number of ether oxygens (including phenoxy) is 1. The SMILES string of the molecule is CCCCCCC(=O)OCc1cn(C(=O)O)c2ccccc12. The Kier molecular flexibility index (Phi) is 5.58. The van der Waals surface area contributed by atoms with Crippen LogP contribution in [-0.4, -0.2) is 21.7 Å². The van der Waals surface area contributed by atoms with Gasteiger partial charge in [-0.25, -0.2) is 4.79 Å². The molecule has 0 atom stereocenters. The van der Waals surface area contributed by atoms with Crippen molar-refractivity contribution in [1.29, 1.82) is 0 Å². The molecule has 0 aliphatic rings. The Bertz CT molecular complexity index is 660. The molecule has 1 heterocycles. The number of para-hydroxylation sites is 1. The van der Waals surface area contributed by atoms with Crippen molar-refractivity contribution in [3.63, 3.8) is 0 Å². The van der Waals surface area contributed by atoms with Gasteiger partial charge in [0.2, 0.25) is 0 Å². The Hall–Kier alpha value is -2.30. The fourth-order valence-corrected chi connectivity index (χ4v) is 2.45. The van der Waals surface area contributed by atoms with Crippen molar-refractivity contribution in [2.24, 2.45) is 0 Å². The van der Waals surface area contributed by atoms with Crippen molar-refractivity contribution in [1.82, 2.24) is 4.57 Å². The van der Waals surface area contributed by atoms with Gasteiger partial charge in [-0.2, -0.15) is 0 Å². The van der Waals surface area contributed by atoms with Crippen LogP contribution in [0.3, 0.4) is 0 Å². The summed E-state index contributed by atoms with van der Waals surface area (Å²) < 4.78 is 6.42. The van der Waals surface area contributed by atoms with Gasteiger partial charge in [-0.15, -0.1) is 0 Å². The van der Waals surface area contributed by atoms with Crippen LogP contribution < -0.4 is 0 Å². The third-order valence-corrected chi connectivity index (χ3v) is 3.62. The van der Waals surface area contributed by atoms with Gasteiger partial charge in [0.05, 0.1) is 5.52 Å². The zero-order chi connectivity index (χ0) is 15.9. The van der Waals surface area contributed by atoms with E-state index in [-0.39, 0.29) is 12.6 Å². The molecule has 0 spiro atoms. The van der Waals surface area contributed by atoms with Gasteiger partial charge < -0.3 is 9.84 Å². The normalized spacial score (nSPS) is 10.8. The lowest BCUT2D eigenvalue weighted by molar-refractivity contribution is -0.145. The number of carboxylic acid groups (broad SMARTS) is 1. The molecule has 1 N–H and O–H groups in total. The Balaban J connectivity index is 2.00. The lowest BCUT2D eigenvalue weighted by Gasteiger charge is -2.04. The highest BCUT2D eigenvalue weighted by atomic mass is 16.5. The van der Waals surface area contributed by atoms with E-state index in [4.69, 9.17) is 4.74 Å². The third kappa shape index (κ3) is 3.87. The van der Waals surface area contributed by atoms with Crippen LogP contribution in [0.4, 0.5) is 4.79 Å². The smallest absolute Gasteiger partial charge is 0.416 e. The average Bonchev–Trinajstić information content (AvgIpc) is 2.89. The van der Waals surface area contributed by atoms with E-state index < -0.39 is 6.09 Å². The summed E-state index contributed by atoms with van der Waals surface area (Å²) in [5.41, 5.74) is 1.31. The largest absolute Gasteiger partial charge is 0.464 e. The summed E-state index contributed by atoms with van der Waals surface area (Å²) in [4.78, 5) is 22.9. The van der Waals surface area contributed by atoms with E-state index in [0.29, 0.717) is 17.5 Å². The van der Waals surface area contributed by atoms with E-state index in [1.165, 1.54) is 6.20 Å². The molecule has 1 aromatic heterocycles. The van der Waals surface area contributed by atoms with Crippen molar-refractivity contribution >= 4 is 23.0 Å². The van der Waals surface area contributed by atoms with E-state index in [1.807, 2.05) is 12.1 Å². The Morgan fingerprint density at radius 1 is 1.18 bits per heavy atom. The van der Waals surface area contributed by atoms with Crippen molar-refractivity contribution < 1.29 is 19.4 Å².